The average Bonchev–Trinajstić information content (AvgIpc) is 2.17. The molecule has 0 unspecified atom stereocenters. The molecule has 0 fully saturated rings. The molecule has 0 aromatic rings. The summed E-state index contributed by atoms with van der Waals surface area (Å²) in [7, 11) is 3.79. The van der Waals surface area contributed by atoms with Gasteiger partial charge in [0, 0.05) is 26.5 Å². The lowest BCUT2D eigenvalue weighted by Gasteiger charge is -2.16. The number of rotatable bonds is 6. The highest BCUT2D eigenvalue weighted by molar-refractivity contribution is 5.28. The monoisotopic (exact) mass is 205 g/mol. The topological polar surface area (TPSA) is 18.8 Å². The Morgan fingerprint density at radius 1 is 1.53 bits per heavy atom. The fraction of sp³-hybridized carbons (Fsp3) is 0.417. The molecule has 0 atom stereocenters. The molecule has 0 saturated heterocycles. The zero-order chi connectivity index (χ0) is 11.8. The van der Waals surface area contributed by atoms with Gasteiger partial charge < -0.3 is 0 Å². The minimum Gasteiger partial charge on any atom is -0.291 e. The van der Waals surface area contributed by atoms with Crippen LogP contribution in [0.3, 0.4) is 0 Å². The predicted molar refractivity (Wildman–Crippen MR) is 66.5 cm³/mol. The van der Waals surface area contributed by atoms with Gasteiger partial charge in [-0.25, -0.2) is 0 Å². The normalized spacial score (nSPS) is 11.0. The van der Waals surface area contributed by atoms with Crippen molar-refractivity contribution in [1.82, 2.24) is 9.91 Å². The second kappa shape index (κ2) is 6.86. The highest BCUT2D eigenvalue weighted by Gasteiger charge is 2.02. The summed E-state index contributed by atoms with van der Waals surface area (Å²) in [5, 5.41) is 5.40. The van der Waals surface area contributed by atoms with Crippen molar-refractivity contribution in [1.29, 1.82) is 0 Å². The van der Waals surface area contributed by atoms with Crippen LogP contribution < -0.4 is 0 Å². The molecule has 0 aliphatic heterocycles. The van der Waals surface area contributed by atoms with E-state index in [1.165, 1.54) is 0 Å². The van der Waals surface area contributed by atoms with Gasteiger partial charge in [-0.15, -0.1) is 6.42 Å². The van der Waals surface area contributed by atoms with E-state index in [0.29, 0.717) is 6.54 Å². The third-order valence-electron chi connectivity index (χ3n) is 1.98. The molecule has 3 nitrogen and oxygen atoms in total. The minimum absolute atomic E-state index is 0.627. The summed E-state index contributed by atoms with van der Waals surface area (Å²) in [4.78, 5) is 2.03. The third kappa shape index (κ3) is 5.71. The zero-order valence-corrected chi connectivity index (χ0v) is 9.82. The van der Waals surface area contributed by atoms with Gasteiger partial charge >= 0.3 is 0 Å². The summed E-state index contributed by atoms with van der Waals surface area (Å²) in [6.45, 7) is 10.8. The molecular formula is C12H19N3. The van der Waals surface area contributed by atoms with Crippen LogP contribution in [0.15, 0.2) is 29.0 Å². The van der Waals surface area contributed by atoms with Crippen molar-refractivity contribution >= 4 is 6.72 Å². The van der Waals surface area contributed by atoms with E-state index in [-0.39, 0.29) is 0 Å². The first kappa shape index (κ1) is 13.5. The Kier molecular flexibility index (Phi) is 6.16. The van der Waals surface area contributed by atoms with Gasteiger partial charge in [-0.1, -0.05) is 12.5 Å². The molecule has 0 rings (SSSR count). The van der Waals surface area contributed by atoms with E-state index in [1.807, 2.05) is 32.1 Å². The molecule has 0 N–H and O–H groups in total. The molecule has 0 bridgehead atoms. The molecule has 15 heavy (non-hydrogen) atoms. The number of hydrazone groups is 1. The minimum atomic E-state index is 0.627. The molecule has 0 heterocycles. The number of hydrogen-bond donors (Lipinski definition) is 0. The summed E-state index contributed by atoms with van der Waals surface area (Å²) in [6, 6.07) is 0. The van der Waals surface area contributed by atoms with Crippen LogP contribution in [0.25, 0.3) is 0 Å². The van der Waals surface area contributed by atoms with E-state index in [2.05, 4.69) is 24.3 Å². The fourth-order valence-electron chi connectivity index (χ4n) is 1.07. The van der Waals surface area contributed by atoms with E-state index in [9.17, 15) is 0 Å². The van der Waals surface area contributed by atoms with Gasteiger partial charge in [-0.2, -0.15) is 5.10 Å². The summed E-state index contributed by atoms with van der Waals surface area (Å²) in [6.07, 6.45) is 7.10. The maximum absolute atomic E-state index is 5.22. The Bertz CT molecular complexity index is 296. The van der Waals surface area contributed by atoms with Crippen molar-refractivity contribution in [3.63, 3.8) is 0 Å². The standard InChI is InChI=1S/C12H19N3/c1-7-8-14(5)9-11(2)12(3)10-15(6)13-4/h1,10H,2,4,8-9H2,3,5-6H3. The van der Waals surface area contributed by atoms with Crippen molar-refractivity contribution in [3.05, 3.63) is 23.9 Å². The van der Waals surface area contributed by atoms with Gasteiger partial charge in [0.2, 0.25) is 0 Å². The second-order valence-corrected chi connectivity index (χ2v) is 3.51. The Labute approximate surface area is 92.8 Å². The van der Waals surface area contributed by atoms with Crippen LogP contribution >= 0.6 is 0 Å². The van der Waals surface area contributed by atoms with E-state index >= 15 is 0 Å². The largest absolute Gasteiger partial charge is 0.291 e. The van der Waals surface area contributed by atoms with Crippen LogP contribution in [0.1, 0.15) is 6.92 Å². The van der Waals surface area contributed by atoms with E-state index in [1.54, 1.807) is 5.01 Å². The molecule has 0 aromatic carbocycles. The summed E-state index contributed by atoms with van der Waals surface area (Å²) >= 11 is 0. The van der Waals surface area contributed by atoms with E-state index in [4.69, 9.17) is 6.42 Å². The van der Waals surface area contributed by atoms with Gasteiger partial charge in [0.1, 0.15) is 0 Å². The zero-order valence-electron chi connectivity index (χ0n) is 9.82. The van der Waals surface area contributed by atoms with Crippen molar-refractivity contribution in [2.24, 2.45) is 5.10 Å². The summed E-state index contributed by atoms with van der Waals surface area (Å²) in [5.74, 6) is 2.59. The fourth-order valence-corrected chi connectivity index (χ4v) is 1.07. The van der Waals surface area contributed by atoms with Crippen LogP contribution in [-0.2, 0) is 0 Å². The number of likely N-dealkylation sites (N-methyl/N-ethyl adjacent to an activating group) is 1. The Morgan fingerprint density at radius 2 is 2.13 bits per heavy atom. The first-order valence-electron chi connectivity index (χ1n) is 4.69. The summed E-state index contributed by atoms with van der Waals surface area (Å²) in [5.41, 5.74) is 2.11. The number of terminal acetylenes is 1. The second-order valence-electron chi connectivity index (χ2n) is 3.51. The maximum Gasteiger partial charge on any atom is 0.0599 e. The first-order chi connectivity index (χ1) is 7.01. The third-order valence-corrected chi connectivity index (χ3v) is 1.98. The summed E-state index contributed by atoms with van der Waals surface area (Å²) < 4.78 is 0. The molecule has 0 aromatic heterocycles. The lowest BCUT2D eigenvalue weighted by atomic mass is 10.1. The van der Waals surface area contributed by atoms with Crippen molar-refractivity contribution < 1.29 is 0 Å². The highest BCUT2D eigenvalue weighted by atomic mass is 15.4. The molecule has 0 spiro atoms. The lowest BCUT2D eigenvalue weighted by molar-refractivity contribution is 0.410. The molecule has 0 radical (unpaired) electrons. The van der Waals surface area contributed by atoms with Crippen molar-refractivity contribution in [2.75, 3.05) is 27.2 Å². The van der Waals surface area contributed by atoms with E-state index < -0.39 is 0 Å². The Hall–Kier alpha value is -1.53. The molecule has 0 saturated carbocycles. The van der Waals surface area contributed by atoms with E-state index in [0.717, 1.165) is 17.7 Å². The number of nitrogens with zero attached hydrogens (tertiary/aromatic N) is 3. The van der Waals surface area contributed by atoms with Crippen LogP contribution in [-0.4, -0.2) is 43.8 Å². The first-order valence-corrected chi connectivity index (χ1v) is 4.69. The van der Waals surface area contributed by atoms with Crippen LogP contribution in [0.2, 0.25) is 0 Å². The molecule has 3 heteroatoms. The van der Waals surface area contributed by atoms with Gasteiger partial charge in [0.15, 0.2) is 0 Å². The Balaban J connectivity index is 4.28. The Morgan fingerprint density at radius 3 is 2.60 bits per heavy atom. The van der Waals surface area contributed by atoms with Crippen LogP contribution in [0.5, 0.6) is 0 Å². The lowest BCUT2D eigenvalue weighted by Crippen LogP contribution is -2.21. The van der Waals surface area contributed by atoms with Gasteiger partial charge in [-0.3, -0.25) is 9.91 Å². The predicted octanol–water partition coefficient (Wildman–Crippen LogP) is 1.56. The van der Waals surface area contributed by atoms with Crippen LogP contribution in [0.4, 0.5) is 0 Å². The molecule has 82 valence electrons. The van der Waals surface area contributed by atoms with Gasteiger partial charge in [0.25, 0.3) is 0 Å². The maximum atomic E-state index is 5.22. The smallest absolute Gasteiger partial charge is 0.0599 e. The quantitative estimate of drug-likeness (QED) is 0.284. The molecule has 0 amide bonds. The molecule has 0 aliphatic carbocycles. The molecule has 0 aliphatic rings. The highest BCUT2D eigenvalue weighted by Crippen LogP contribution is 2.08. The van der Waals surface area contributed by atoms with Gasteiger partial charge in [-0.05, 0) is 25.1 Å². The van der Waals surface area contributed by atoms with Gasteiger partial charge in [0.05, 0.1) is 6.54 Å². The average molecular weight is 205 g/mol. The van der Waals surface area contributed by atoms with Crippen molar-refractivity contribution in [2.45, 2.75) is 6.92 Å². The number of hydrogen-bond acceptors (Lipinski definition) is 3. The van der Waals surface area contributed by atoms with Crippen molar-refractivity contribution in [3.8, 4) is 12.3 Å². The SMILES string of the molecule is C#CCN(C)CC(=C)C(C)=CN(C)N=C. The molecular weight excluding hydrogens is 186 g/mol. The van der Waals surface area contributed by atoms with Crippen LogP contribution in [0, 0.1) is 12.3 Å².